The highest BCUT2D eigenvalue weighted by atomic mass is 32.2. The molecule has 0 saturated heterocycles. The molecule has 0 unspecified atom stereocenters. The molecule has 2 rings (SSSR count). The van der Waals surface area contributed by atoms with E-state index in [9.17, 15) is 4.39 Å². The van der Waals surface area contributed by atoms with E-state index in [1.807, 2.05) is 20.8 Å². The lowest BCUT2D eigenvalue weighted by Crippen LogP contribution is -2.30. The second-order valence-corrected chi connectivity index (χ2v) is 5.76. The Balaban J connectivity index is 2.13. The van der Waals surface area contributed by atoms with Gasteiger partial charge in [0.1, 0.15) is 5.82 Å². The van der Waals surface area contributed by atoms with Gasteiger partial charge >= 0.3 is 7.12 Å². The standard InChI is InChI=1S/C14H16BFN2O2S/c1-8-9(2)17-14(18-10(8)3)21-7-11-4-5-12(15(19)20)6-13(11)16/h4-6,19-20H,7H2,1-3H3. The van der Waals surface area contributed by atoms with Gasteiger partial charge in [-0.2, -0.15) is 0 Å². The smallest absolute Gasteiger partial charge is 0.423 e. The van der Waals surface area contributed by atoms with Crippen molar-refractivity contribution in [2.75, 3.05) is 0 Å². The van der Waals surface area contributed by atoms with Gasteiger partial charge in [0.25, 0.3) is 0 Å². The van der Waals surface area contributed by atoms with Crippen LogP contribution in [0.15, 0.2) is 23.4 Å². The molecule has 2 N–H and O–H groups in total. The minimum atomic E-state index is -1.66. The average Bonchev–Trinajstić information content (AvgIpc) is 2.43. The predicted octanol–water partition coefficient (Wildman–Crippen LogP) is 1.51. The highest BCUT2D eigenvalue weighted by Crippen LogP contribution is 2.22. The Labute approximate surface area is 127 Å². The van der Waals surface area contributed by atoms with Crippen LogP contribution >= 0.6 is 11.8 Å². The van der Waals surface area contributed by atoms with Gasteiger partial charge in [-0.25, -0.2) is 14.4 Å². The molecule has 1 aromatic carbocycles. The Hall–Kier alpha value is -1.44. The van der Waals surface area contributed by atoms with Crippen LogP contribution in [0.4, 0.5) is 4.39 Å². The number of nitrogens with zero attached hydrogens (tertiary/aromatic N) is 2. The zero-order valence-electron chi connectivity index (χ0n) is 12.1. The summed E-state index contributed by atoms with van der Waals surface area (Å²) in [5.41, 5.74) is 3.52. The molecule has 0 aliphatic heterocycles. The molecule has 1 heterocycles. The summed E-state index contributed by atoms with van der Waals surface area (Å²) in [7, 11) is -1.66. The molecule has 0 aliphatic rings. The molecule has 4 nitrogen and oxygen atoms in total. The van der Waals surface area contributed by atoms with E-state index >= 15 is 0 Å². The molecule has 1 aromatic heterocycles. The van der Waals surface area contributed by atoms with Gasteiger partial charge in [-0.15, -0.1) is 0 Å². The molecule has 0 aliphatic carbocycles. The molecule has 0 amide bonds. The van der Waals surface area contributed by atoms with Crippen molar-refractivity contribution in [3.63, 3.8) is 0 Å². The third-order valence-electron chi connectivity index (χ3n) is 3.34. The quantitative estimate of drug-likeness (QED) is 0.509. The summed E-state index contributed by atoms with van der Waals surface area (Å²) >= 11 is 1.35. The molecule has 0 radical (unpaired) electrons. The molecule has 0 saturated carbocycles. The molecule has 2 aromatic rings. The van der Waals surface area contributed by atoms with Crippen LogP contribution in [0.1, 0.15) is 22.5 Å². The maximum atomic E-state index is 13.9. The minimum absolute atomic E-state index is 0.138. The SMILES string of the molecule is Cc1nc(SCc2ccc(B(O)O)cc2F)nc(C)c1C. The topological polar surface area (TPSA) is 66.2 Å². The lowest BCUT2D eigenvalue weighted by atomic mass is 9.80. The van der Waals surface area contributed by atoms with Crippen LogP contribution in [0.2, 0.25) is 0 Å². The molecular weight excluding hydrogens is 290 g/mol. The van der Waals surface area contributed by atoms with Crippen molar-refractivity contribution < 1.29 is 14.4 Å². The normalized spacial score (nSPS) is 10.8. The third-order valence-corrected chi connectivity index (χ3v) is 4.24. The summed E-state index contributed by atoms with van der Waals surface area (Å²) in [6.45, 7) is 5.82. The summed E-state index contributed by atoms with van der Waals surface area (Å²) < 4.78 is 13.9. The van der Waals surface area contributed by atoms with Crippen LogP contribution < -0.4 is 5.46 Å². The summed E-state index contributed by atoms with van der Waals surface area (Å²) in [6, 6.07) is 4.17. The van der Waals surface area contributed by atoms with E-state index in [2.05, 4.69) is 9.97 Å². The Morgan fingerprint density at radius 2 is 1.76 bits per heavy atom. The summed E-state index contributed by atoms with van der Waals surface area (Å²) in [4.78, 5) is 8.75. The van der Waals surface area contributed by atoms with Gasteiger partial charge in [-0.3, -0.25) is 0 Å². The van der Waals surface area contributed by atoms with Gasteiger partial charge in [0.05, 0.1) is 0 Å². The van der Waals surface area contributed by atoms with E-state index in [1.54, 1.807) is 6.07 Å². The number of aromatic nitrogens is 2. The molecule has 0 bridgehead atoms. The third kappa shape index (κ3) is 3.81. The fourth-order valence-corrected chi connectivity index (χ4v) is 2.71. The fraction of sp³-hybridized carbons (Fsp3) is 0.286. The zero-order chi connectivity index (χ0) is 15.6. The van der Waals surface area contributed by atoms with E-state index in [-0.39, 0.29) is 5.46 Å². The number of aryl methyl sites for hydroxylation is 2. The number of halogens is 1. The maximum Gasteiger partial charge on any atom is 0.488 e. The van der Waals surface area contributed by atoms with Crippen molar-refractivity contribution >= 4 is 24.3 Å². The van der Waals surface area contributed by atoms with Crippen LogP contribution in [0.5, 0.6) is 0 Å². The summed E-state index contributed by atoms with van der Waals surface area (Å²) in [6.07, 6.45) is 0. The number of rotatable bonds is 4. The number of hydrogen-bond acceptors (Lipinski definition) is 5. The van der Waals surface area contributed by atoms with Gasteiger partial charge in [-0.1, -0.05) is 23.9 Å². The van der Waals surface area contributed by atoms with Crippen LogP contribution in [0.25, 0.3) is 0 Å². The molecule has 0 fully saturated rings. The fourth-order valence-electron chi connectivity index (χ4n) is 1.79. The molecule has 7 heteroatoms. The molecule has 0 spiro atoms. The monoisotopic (exact) mass is 306 g/mol. The van der Waals surface area contributed by atoms with Crippen molar-refractivity contribution in [3.05, 3.63) is 46.5 Å². The van der Waals surface area contributed by atoms with Gasteiger partial charge in [0.15, 0.2) is 5.16 Å². The van der Waals surface area contributed by atoms with E-state index < -0.39 is 12.9 Å². The first-order valence-electron chi connectivity index (χ1n) is 6.47. The van der Waals surface area contributed by atoms with E-state index in [0.29, 0.717) is 16.5 Å². The highest BCUT2D eigenvalue weighted by Gasteiger charge is 2.14. The Morgan fingerprint density at radius 3 is 2.29 bits per heavy atom. The number of hydrogen-bond donors (Lipinski definition) is 2. The van der Waals surface area contributed by atoms with Crippen LogP contribution in [-0.4, -0.2) is 27.1 Å². The Kier molecular flexibility index (Phi) is 4.98. The number of thioether (sulfide) groups is 1. The van der Waals surface area contributed by atoms with Gasteiger partial charge in [0.2, 0.25) is 0 Å². The molecular formula is C14H16BFN2O2S. The molecule has 21 heavy (non-hydrogen) atoms. The van der Waals surface area contributed by atoms with E-state index in [4.69, 9.17) is 10.0 Å². The van der Waals surface area contributed by atoms with Crippen molar-refractivity contribution in [1.82, 2.24) is 9.97 Å². The highest BCUT2D eigenvalue weighted by molar-refractivity contribution is 7.98. The first kappa shape index (κ1) is 15.9. The second kappa shape index (κ2) is 6.55. The van der Waals surface area contributed by atoms with Crippen molar-refractivity contribution in [3.8, 4) is 0 Å². The molecule has 110 valence electrons. The number of benzene rings is 1. The lowest BCUT2D eigenvalue weighted by molar-refractivity contribution is 0.425. The largest absolute Gasteiger partial charge is 0.488 e. The second-order valence-electron chi connectivity index (χ2n) is 4.82. The van der Waals surface area contributed by atoms with Crippen LogP contribution in [-0.2, 0) is 5.75 Å². The van der Waals surface area contributed by atoms with E-state index in [1.165, 1.54) is 17.8 Å². The van der Waals surface area contributed by atoms with Crippen molar-refractivity contribution in [2.45, 2.75) is 31.7 Å². The first-order chi connectivity index (χ1) is 9.88. The van der Waals surface area contributed by atoms with Crippen molar-refractivity contribution in [2.24, 2.45) is 0 Å². The van der Waals surface area contributed by atoms with Crippen LogP contribution in [0, 0.1) is 26.6 Å². The molecule has 0 atom stereocenters. The first-order valence-corrected chi connectivity index (χ1v) is 7.46. The summed E-state index contributed by atoms with van der Waals surface area (Å²) in [5, 5.41) is 18.6. The van der Waals surface area contributed by atoms with Crippen molar-refractivity contribution in [1.29, 1.82) is 0 Å². The average molecular weight is 306 g/mol. The zero-order valence-corrected chi connectivity index (χ0v) is 12.9. The van der Waals surface area contributed by atoms with Gasteiger partial charge < -0.3 is 10.0 Å². The lowest BCUT2D eigenvalue weighted by Gasteiger charge is -2.08. The predicted molar refractivity (Wildman–Crippen MR) is 82.0 cm³/mol. The van der Waals surface area contributed by atoms with Crippen LogP contribution in [0.3, 0.4) is 0 Å². The minimum Gasteiger partial charge on any atom is -0.423 e. The van der Waals surface area contributed by atoms with E-state index in [0.717, 1.165) is 23.0 Å². The summed E-state index contributed by atoms with van der Waals surface area (Å²) in [5.74, 6) is -0.0797. The Morgan fingerprint density at radius 1 is 1.14 bits per heavy atom. The maximum absolute atomic E-state index is 13.9. The van der Waals surface area contributed by atoms with Gasteiger partial charge in [-0.05, 0) is 43.4 Å². The Bertz CT molecular complexity index is 644. The van der Waals surface area contributed by atoms with Gasteiger partial charge in [0, 0.05) is 17.1 Å².